The summed E-state index contributed by atoms with van der Waals surface area (Å²) in [6, 6.07) is 15.0. The lowest BCUT2D eigenvalue weighted by Gasteiger charge is -2.19. The topological polar surface area (TPSA) is 201 Å². The third kappa shape index (κ3) is 5.50. The number of carbonyl (C=O) groups excluding carboxylic acids is 1. The van der Waals surface area contributed by atoms with Gasteiger partial charge < -0.3 is 11.1 Å². The summed E-state index contributed by atoms with van der Waals surface area (Å²) in [5.74, 6) is 5.35. The van der Waals surface area contributed by atoms with Crippen molar-refractivity contribution < 1.29 is 17.7 Å². The number of hydrogen-bond acceptors (Lipinski definition) is 8. The minimum absolute atomic E-state index is 0.138. The molecule has 0 aliphatic heterocycles. The summed E-state index contributed by atoms with van der Waals surface area (Å²) in [7, 11) is -3.78. The molecule has 6 rings (SSSR count). The molecule has 2 aromatic carbocycles. The van der Waals surface area contributed by atoms with E-state index in [2.05, 4.69) is 32.3 Å². The van der Waals surface area contributed by atoms with Crippen LogP contribution in [-0.4, -0.2) is 43.7 Å². The molecule has 0 spiro atoms. The zero-order valence-corrected chi connectivity index (χ0v) is 24.0. The first-order chi connectivity index (χ1) is 21.1. The molecular formula is C29H25N10O4S+. The van der Waals surface area contributed by atoms with Gasteiger partial charge in [-0.3, -0.25) is 18.8 Å². The van der Waals surface area contributed by atoms with Crippen molar-refractivity contribution in [1.29, 1.82) is 0 Å². The van der Waals surface area contributed by atoms with Gasteiger partial charge in [0, 0.05) is 17.8 Å². The van der Waals surface area contributed by atoms with E-state index in [0.717, 1.165) is 4.68 Å². The first-order valence-electron chi connectivity index (χ1n) is 13.2. The van der Waals surface area contributed by atoms with Crippen LogP contribution in [0.2, 0.25) is 0 Å². The number of anilines is 1. The fourth-order valence-corrected chi connectivity index (χ4v) is 5.31. The number of nitrogen functional groups attached to an aromatic ring is 1. The van der Waals surface area contributed by atoms with E-state index in [-0.39, 0.29) is 22.6 Å². The average Bonchev–Trinajstić information content (AvgIpc) is 3.57. The number of aromatic amines is 1. The zero-order valence-electron chi connectivity index (χ0n) is 23.2. The summed E-state index contributed by atoms with van der Waals surface area (Å²) < 4.78 is 26.9. The predicted molar refractivity (Wildman–Crippen MR) is 161 cm³/mol. The van der Waals surface area contributed by atoms with E-state index in [1.165, 1.54) is 21.5 Å². The van der Waals surface area contributed by atoms with Gasteiger partial charge in [0.2, 0.25) is 10.0 Å². The molecule has 220 valence electrons. The van der Waals surface area contributed by atoms with Gasteiger partial charge in [-0.1, -0.05) is 36.1 Å². The molecule has 4 heterocycles. The SMILES string of the molecule is CC(NC(=O)c1c(N)[nH][n+]2cccnc12)c1nc2cccc(C#Cc3cnn(CS(N)(=O)=O)c3)c2c(=O)n1-c1ccccc1. The molecule has 0 radical (unpaired) electrons. The number of para-hydroxylation sites is 1. The molecule has 0 aliphatic rings. The number of H-pyrrole nitrogens is 1. The third-order valence-corrected chi connectivity index (χ3v) is 7.29. The molecule has 6 aromatic rings. The number of benzene rings is 2. The summed E-state index contributed by atoms with van der Waals surface area (Å²) in [4.78, 5) is 36.7. The maximum atomic E-state index is 14.2. The number of nitrogens with two attached hydrogens (primary N) is 2. The van der Waals surface area contributed by atoms with Gasteiger partial charge in [0.05, 0.1) is 34.4 Å². The van der Waals surface area contributed by atoms with Gasteiger partial charge in [-0.05, 0) is 36.2 Å². The molecule has 44 heavy (non-hydrogen) atoms. The molecule has 0 aliphatic carbocycles. The predicted octanol–water partition coefficient (Wildman–Crippen LogP) is 0.763. The van der Waals surface area contributed by atoms with E-state index < -0.39 is 33.4 Å². The van der Waals surface area contributed by atoms with E-state index in [4.69, 9.17) is 15.9 Å². The van der Waals surface area contributed by atoms with Crippen LogP contribution in [0.1, 0.15) is 40.3 Å². The van der Waals surface area contributed by atoms with E-state index in [1.54, 1.807) is 67.8 Å². The van der Waals surface area contributed by atoms with E-state index >= 15 is 0 Å². The highest BCUT2D eigenvalue weighted by molar-refractivity contribution is 7.88. The first kappa shape index (κ1) is 28.3. The highest BCUT2D eigenvalue weighted by atomic mass is 32.2. The fourth-order valence-electron chi connectivity index (χ4n) is 4.80. The number of primary sulfonamides is 1. The summed E-state index contributed by atoms with van der Waals surface area (Å²) in [5.41, 5.74) is 7.97. The summed E-state index contributed by atoms with van der Waals surface area (Å²) in [5, 5.41) is 15.1. The molecule has 0 saturated heterocycles. The Kier molecular flexibility index (Phi) is 7.13. The number of hydrogen-bond donors (Lipinski definition) is 4. The molecule has 4 aromatic heterocycles. The Balaban J connectivity index is 1.43. The molecule has 0 saturated carbocycles. The molecule has 0 fully saturated rings. The Labute approximate surface area is 250 Å². The summed E-state index contributed by atoms with van der Waals surface area (Å²) in [6.07, 6.45) is 6.09. The largest absolute Gasteiger partial charge is 0.382 e. The smallest absolute Gasteiger partial charge is 0.362 e. The number of sulfonamides is 1. The number of rotatable bonds is 6. The molecule has 15 heteroatoms. The second-order valence-corrected chi connectivity index (χ2v) is 11.4. The van der Waals surface area contributed by atoms with Crippen molar-refractivity contribution in [3.63, 3.8) is 0 Å². The second-order valence-electron chi connectivity index (χ2n) is 9.87. The van der Waals surface area contributed by atoms with Crippen LogP contribution in [0.15, 0.2) is 84.2 Å². The van der Waals surface area contributed by atoms with Crippen molar-refractivity contribution in [1.82, 2.24) is 34.7 Å². The normalized spacial score (nSPS) is 12.1. The lowest BCUT2D eigenvalue weighted by molar-refractivity contribution is -0.577. The number of aromatic nitrogens is 7. The molecule has 0 bridgehead atoms. The molecular weight excluding hydrogens is 584 g/mol. The van der Waals surface area contributed by atoms with E-state index in [0.29, 0.717) is 28.0 Å². The molecule has 1 unspecified atom stereocenters. The van der Waals surface area contributed by atoms with Crippen LogP contribution in [-0.2, 0) is 15.9 Å². The van der Waals surface area contributed by atoms with Gasteiger partial charge >= 0.3 is 5.65 Å². The molecule has 14 nitrogen and oxygen atoms in total. The number of carbonyl (C=O) groups is 1. The number of nitrogens with one attached hydrogen (secondary N) is 2. The minimum atomic E-state index is -3.78. The van der Waals surface area contributed by atoms with Crippen LogP contribution in [0.25, 0.3) is 22.2 Å². The van der Waals surface area contributed by atoms with Crippen LogP contribution in [0.4, 0.5) is 5.82 Å². The Morgan fingerprint density at radius 1 is 1.14 bits per heavy atom. The van der Waals surface area contributed by atoms with Crippen LogP contribution in [0, 0.1) is 11.8 Å². The maximum Gasteiger partial charge on any atom is 0.362 e. The number of amides is 1. The summed E-state index contributed by atoms with van der Waals surface area (Å²) in [6.45, 7) is 1.72. The Bertz CT molecular complexity index is 2300. The van der Waals surface area contributed by atoms with Crippen molar-refractivity contribution in [2.75, 3.05) is 5.73 Å². The number of fused-ring (bicyclic) bond motifs is 2. The fraction of sp³-hybridized carbons (Fsp3) is 0.103. The maximum absolute atomic E-state index is 14.2. The standard InChI is InChI=1S/C29H24N10O4S/c1-18(34-28(40)24-25(30)36-38-14-6-13-32-27(24)38)26-35-22-10-5-7-20(12-11-19-15-33-37(16-19)17-44(31,42)43)23(22)29(41)39(26)21-8-3-2-4-9-21/h2-10,13-16,18H,17H2,1H3,(H5,30,31,34,36,40,42,43)/p+1. The van der Waals surface area contributed by atoms with Crippen molar-refractivity contribution in [2.45, 2.75) is 18.8 Å². The van der Waals surface area contributed by atoms with Crippen LogP contribution in [0.3, 0.4) is 0 Å². The molecule has 1 amide bonds. The highest BCUT2D eigenvalue weighted by Gasteiger charge is 2.27. The van der Waals surface area contributed by atoms with Gasteiger partial charge in [0.15, 0.2) is 17.3 Å². The summed E-state index contributed by atoms with van der Waals surface area (Å²) >= 11 is 0. The van der Waals surface area contributed by atoms with E-state index in [1.807, 2.05) is 6.07 Å². The van der Waals surface area contributed by atoms with Crippen molar-refractivity contribution >= 4 is 38.3 Å². The van der Waals surface area contributed by atoms with Crippen molar-refractivity contribution in [3.05, 3.63) is 112 Å². The van der Waals surface area contributed by atoms with Gasteiger partial charge in [0.1, 0.15) is 18.2 Å². The Morgan fingerprint density at radius 2 is 1.93 bits per heavy atom. The quantitative estimate of drug-likeness (QED) is 0.157. The first-order valence-corrected chi connectivity index (χ1v) is 14.9. The van der Waals surface area contributed by atoms with Gasteiger partial charge in [-0.15, -0.1) is 4.52 Å². The Hall–Kier alpha value is -5.85. The van der Waals surface area contributed by atoms with Crippen molar-refractivity contribution in [2.24, 2.45) is 5.14 Å². The molecule has 1 atom stereocenters. The lowest BCUT2D eigenvalue weighted by atomic mass is 10.1. The number of nitrogens with zero attached hydrogens (tertiary/aromatic N) is 6. The highest BCUT2D eigenvalue weighted by Crippen LogP contribution is 2.21. The van der Waals surface area contributed by atoms with Crippen LogP contribution in [0.5, 0.6) is 0 Å². The van der Waals surface area contributed by atoms with E-state index in [9.17, 15) is 18.0 Å². The van der Waals surface area contributed by atoms with Gasteiger partial charge in [-0.25, -0.2) is 23.6 Å². The van der Waals surface area contributed by atoms with Crippen LogP contribution >= 0.6 is 0 Å². The average molecular weight is 610 g/mol. The monoisotopic (exact) mass is 609 g/mol. The van der Waals surface area contributed by atoms with Gasteiger partial charge in [-0.2, -0.15) is 5.10 Å². The van der Waals surface area contributed by atoms with Crippen molar-refractivity contribution in [3.8, 4) is 17.5 Å². The van der Waals surface area contributed by atoms with Gasteiger partial charge in [0.25, 0.3) is 11.5 Å². The molecule has 6 N–H and O–H groups in total. The minimum Gasteiger partial charge on any atom is -0.382 e. The third-order valence-electron chi connectivity index (χ3n) is 6.67. The Morgan fingerprint density at radius 3 is 2.70 bits per heavy atom. The lowest BCUT2D eigenvalue weighted by Crippen LogP contribution is -2.34. The van der Waals surface area contributed by atoms with Crippen LogP contribution < -0.4 is 26.3 Å². The second kappa shape index (κ2) is 11.1. The zero-order chi connectivity index (χ0) is 31.0.